The van der Waals surface area contributed by atoms with E-state index in [1.54, 1.807) is 0 Å². The van der Waals surface area contributed by atoms with Gasteiger partial charge >= 0.3 is 5.97 Å². The van der Waals surface area contributed by atoms with Gasteiger partial charge in [-0.2, -0.15) is 0 Å². The number of hydrogen-bond donors (Lipinski definition) is 2. The maximum Gasteiger partial charge on any atom is 0.317 e. The molecule has 0 aliphatic heterocycles. The maximum atomic E-state index is 13.5. The summed E-state index contributed by atoms with van der Waals surface area (Å²) in [6.07, 6.45) is -1.11. The Hall–Kier alpha value is -2.94. The van der Waals surface area contributed by atoms with Crippen LogP contribution in [0.1, 0.15) is 17.3 Å². The van der Waals surface area contributed by atoms with Gasteiger partial charge in [0.05, 0.1) is 5.75 Å². The summed E-state index contributed by atoms with van der Waals surface area (Å²) in [4.78, 5) is 34.8. The molecule has 2 aromatic carbocycles. The summed E-state index contributed by atoms with van der Waals surface area (Å²) in [5.74, 6) is -3.50. The van der Waals surface area contributed by atoms with E-state index in [0.29, 0.717) is 5.69 Å². The Kier molecular flexibility index (Phi) is 6.89. The first-order valence-electron chi connectivity index (χ1n) is 7.74. The van der Waals surface area contributed by atoms with Gasteiger partial charge in [0.2, 0.25) is 5.91 Å². The van der Waals surface area contributed by atoms with Crippen molar-refractivity contribution in [2.24, 2.45) is 5.73 Å². The second-order valence-electron chi connectivity index (χ2n) is 5.43. The Morgan fingerprint density at radius 2 is 1.81 bits per heavy atom. The highest BCUT2D eigenvalue weighted by molar-refractivity contribution is 8.00. The predicted octanol–water partition coefficient (Wildman–Crippen LogP) is 2.73. The molecule has 27 heavy (non-hydrogen) atoms. The Labute approximate surface area is 158 Å². The van der Waals surface area contributed by atoms with Crippen LogP contribution in [0.15, 0.2) is 47.4 Å². The van der Waals surface area contributed by atoms with Gasteiger partial charge in [0.1, 0.15) is 11.6 Å². The molecule has 0 fully saturated rings. The normalized spacial score (nSPS) is 11.5. The monoisotopic (exact) mass is 394 g/mol. The summed E-state index contributed by atoms with van der Waals surface area (Å²) in [6, 6.07) is 8.75. The van der Waals surface area contributed by atoms with E-state index in [1.165, 1.54) is 31.2 Å². The van der Waals surface area contributed by atoms with Gasteiger partial charge in [-0.15, -0.1) is 11.8 Å². The van der Waals surface area contributed by atoms with Gasteiger partial charge < -0.3 is 15.8 Å². The third-order valence-corrected chi connectivity index (χ3v) is 4.36. The van der Waals surface area contributed by atoms with Crippen LogP contribution in [0, 0.1) is 11.6 Å². The van der Waals surface area contributed by atoms with Crippen LogP contribution in [0.3, 0.4) is 0 Å². The molecule has 0 aliphatic rings. The van der Waals surface area contributed by atoms with Crippen molar-refractivity contribution >= 4 is 35.2 Å². The van der Waals surface area contributed by atoms with Crippen LogP contribution in [-0.4, -0.2) is 29.6 Å². The van der Waals surface area contributed by atoms with Gasteiger partial charge in [-0.05, 0) is 49.4 Å². The number of primary amides is 1. The molecule has 0 saturated carbocycles. The lowest BCUT2D eigenvalue weighted by Crippen LogP contribution is -2.30. The Balaban J connectivity index is 1.85. The van der Waals surface area contributed by atoms with Crippen LogP contribution in [-0.2, 0) is 14.3 Å². The molecule has 0 heterocycles. The minimum Gasteiger partial charge on any atom is -0.452 e. The predicted molar refractivity (Wildman–Crippen MR) is 96.2 cm³/mol. The number of ether oxygens (including phenoxy) is 1. The number of hydrogen-bond acceptors (Lipinski definition) is 5. The zero-order chi connectivity index (χ0) is 20.0. The Morgan fingerprint density at radius 1 is 1.15 bits per heavy atom. The molecule has 0 bridgehead atoms. The molecule has 6 nitrogen and oxygen atoms in total. The van der Waals surface area contributed by atoms with Crippen molar-refractivity contribution in [3.8, 4) is 0 Å². The number of carbonyl (C=O) groups is 3. The number of nitrogens with one attached hydrogen (secondary N) is 1. The smallest absolute Gasteiger partial charge is 0.317 e. The highest BCUT2D eigenvalue weighted by Gasteiger charge is 2.19. The molecule has 2 amide bonds. The van der Waals surface area contributed by atoms with Gasteiger partial charge in [0, 0.05) is 16.1 Å². The topological polar surface area (TPSA) is 98.5 Å². The second kappa shape index (κ2) is 9.13. The molecule has 0 unspecified atom stereocenters. The van der Waals surface area contributed by atoms with Crippen molar-refractivity contribution in [3.05, 3.63) is 59.7 Å². The maximum absolute atomic E-state index is 13.5. The molecule has 0 spiro atoms. The molecule has 9 heteroatoms. The van der Waals surface area contributed by atoms with Gasteiger partial charge in [0.15, 0.2) is 6.10 Å². The van der Waals surface area contributed by atoms with E-state index in [2.05, 4.69) is 5.32 Å². The minimum absolute atomic E-state index is 0.0291. The molecule has 0 saturated heterocycles. The van der Waals surface area contributed by atoms with E-state index in [1.807, 2.05) is 0 Å². The van der Waals surface area contributed by atoms with Crippen LogP contribution in [0.2, 0.25) is 0 Å². The van der Waals surface area contributed by atoms with E-state index < -0.39 is 35.5 Å². The number of carbonyl (C=O) groups excluding carboxylic acids is 3. The first-order chi connectivity index (χ1) is 12.8. The summed E-state index contributed by atoms with van der Waals surface area (Å²) in [7, 11) is 0. The fourth-order valence-electron chi connectivity index (χ4n) is 1.97. The number of amides is 2. The van der Waals surface area contributed by atoms with Crippen molar-refractivity contribution in [1.29, 1.82) is 0 Å². The number of nitrogens with two attached hydrogens (primary N) is 1. The zero-order valence-electron chi connectivity index (χ0n) is 14.2. The van der Waals surface area contributed by atoms with E-state index in [0.717, 1.165) is 30.0 Å². The summed E-state index contributed by atoms with van der Waals surface area (Å²) < 4.78 is 31.6. The SMILES string of the molecule is C[C@@H](OC(=O)CSc1cc(F)ccc1F)C(=O)Nc1ccc(C(N)=O)cc1. The number of anilines is 1. The third-order valence-electron chi connectivity index (χ3n) is 3.35. The number of benzene rings is 2. The Morgan fingerprint density at radius 3 is 2.44 bits per heavy atom. The minimum atomic E-state index is -1.11. The number of rotatable bonds is 7. The fraction of sp³-hybridized carbons (Fsp3) is 0.167. The molecule has 142 valence electrons. The average molecular weight is 394 g/mol. The van der Waals surface area contributed by atoms with Gasteiger partial charge in [0.25, 0.3) is 5.91 Å². The van der Waals surface area contributed by atoms with Crippen LogP contribution in [0.25, 0.3) is 0 Å². The van der Waals surface area contributed by atoms with Crippen LogP contribution >= 0.6 is 11.8 Å². The van der Waals surface area contributed by atoms with Gasteiger partial charge in [-0.3, -0.25) is 14.4 Å². The number of thioether (sulfide) groups is 1. The highest BCUT2D eigenvalue weighted by atomic mass is 32.2. The number of esters is 1. The lowest BCUT2D eigenvalue weighted by Gasteiger charge is -2.13. The van der Waals surface area contributed by atoms with E-state index >= 15 is 0 Å². The highest BCUT2D eigenvalue weighted by Crippen LogP contribution is 2.23. The molecule has 2 rings (SSSR count). The lowest BCUT2D eigenvalue weighted by molar-refractivity contribution is -0.150. The van der Waals surface area contributed by atoms with Crippen molar-refractivity contribution in [2.45, 2.75) is 17.9 Å². The standard InChI is InChI=1S/C18H16F2N2O4S/c1-10(18(25)22-13-5-2-11(3-6-13)17(21)24)26-16(23)9-27-15-8-12(19)4-7-14(15)20/h2-8,10H,9H2,1H3,(H2,21,24)(H,22,25)/t10-/m1/s1. The first-order valence-corrected chi connectivity index (χ1v) is 8.73. The van der Waals surface area contributed by atoms with Crippen LogP contribution in [0.4, 0.5) is 14.5 Å². The van der Waals surface area contributed by atoms with Crippen LogP contribution in [0.5, 0.6) is 0 Å². The molecule has 2 aromatic rings. The largest absolute Gasteiger partial charge is 0.452 e. The lowest BCUT2D eigenvalue weighted by atomic mass is 10.2. The quantitative estimate of drug-likeness (QED) is 0.556. The zero-order valence-corrected chi connectivity index (χ0v) is 15.0. The van der Waals surface area contributed by atoms with Crippen molar-refractivity contribution in [2.75, 3.05) is 11.1 Å². The van der Waals surface area contributed by atoms with Crippen molar-refractivity contribution in [3.63, 3.8) is 0 Å². The summed E-state index contributed by atoms with van der Waals surface area (Å²) in [5.41, 5.74) is 5.81. The third kappa shape index (κ3) is 6.07. The number of halogens is 2. The van der Waals surface area contributed by atoms with Gasteiger partial charge in [-0.1, -0.05) is 0 Å². The average Bonchev–Trinajstić information content (AvgIpc) is 2.62. The molecule has 1 atom stereocenters. The fourth-order valence-corrected chi connectivity index (χ4v) is 2.71. The molecule has 0 radical (unpaired) electrons. The summed E-state index contributed by atoms with van der Waals surface area (Å²) in [5, 5.41) is 2.52. The Bertz CT molecular complexity index is 859. The first kappa shape index (κ1) is 20.4. The molecule has 0 aliphatic carbocycles. The van der Waals surface area contributed by atoms with E-state index in [4.69, 9.17) is 10.5 Å². The second-order valence-corrected chi connectivity index (χ2v) is 6.44. The van der Waals surface area contributed by atoms with E-state index in [9.17, 15) is 23.2 Å². The van der Waals surface area contributed by atoms with Crippen molar-refractivity contribution in [1.82, 2.24) is 0 Å². The molecular formula is C18H16F2N2O4S. The van der Waals surface area contributed by atoms with Gasteiger partial charge in [-0.25, -0.2) is 8.78 Å². The molecule has 3 N–H and O–H groups in total. The van der Waals surface area contributed by atoms with Crippen molar-refractivity contribution < 1.29 is 27.9 Å². The summed E-state index contributed by atoms with van der Waals surface area (Å²) >= 11 is 0.766. The molecule has 0 aromatic heterocycles. The molecular weight excluding hydrogens is 378 g/mol. The summed E-state index contributed by atoms with van der Waals surface area (Å²) in [6.45, 7) is 1.37. The van der Waals surface area contributed by atoms with E-state index in [-0.39, 0.29) is 16.2 Å². The van der Waals surface area contributed by atoms with Crippen LogP contribution < -0.4 is 11.1 Å².